The summed E-state index contributed by atoms with van der Waals surface area (Å²) in [4.78, 5) is 27.9. The van der Waals surface area contributed by atoms with Crippen molar-refractivity contribution in [3.63, 3.8) is 0 Å². The van der Waals surface area contributed by atoms with Crippen LogP contribution < -0.4 is 5.56 Å². The quantitative estimate of drug-likeness (QED) is 0.637. The number of fused-ring (bicyclic) bond motifs is 2. The van der Waals surface area contributed by atoms with Crippen LogP contribution in [0.15, 0.2) is 29.5 Å². The van der Waals surface area contributed by atoms with E-state index in [0.717, 1.165) is 22.2 Å². The maximum Gasteiger partial charge on any atom is 0.408 e. The van der Waals surface area contributed by atoms with Gasteiger partial charge in [-0.15, -0.1) is 0 Å². The van der Waals surface area contributed by atoms with Crippen LogP contribution in [0.4, 0.5) is 13.2 Å². The van der Waals surface area contributed by atoms with Crippen molar-refractivity contribution >= 4 is 16.8 Å². The van der Waals surface area contributed by atoms with Gasteiger partial charge < -0.3 is 14.0 Å². The predicted molar refractivity (Wildman–Crippen MR) is 107 cm³/mol. The third kappa shape index (κ3) is 2.99. The standard InChI is InChI=1S/C21H22F3N5O2/c1-12-7-27(3)19(31)16-14(9-26(2)17(12)16)18(30)28-8-13-6-20(13,10-28)15-4-5-29(25-15)11-21(22,23)24/h4-5,7,9,13H,6,8,10-11H2,1-3H3. The first kappa shape index (κ1) is 19.9. The number of carbonyl (C=O) groups excluding carboxylic acids is 1. The van der Waals surface area contributed by atoms with Crippen LogP contribution in [0.1, 0.15) is 28.0 Å². The summed E-state index contributed by atoms with van der Waals surface area (Å²) in [5.41, 5.74) is 1.97. The van der Waals surface area contributed by atoms with Crippen molar-refractivity contribution in [2.75, 3.05) is 13.1 Å². The molecule has 31 heavy (non-hydrogen) atoms. The fourth-order valence-corrected chi connectivity index (χ4v) is 5.17. The molecule has 1 saturated carbocycles. The van der Waals surface area contributed by atoms with Gasteiger partial charge in [-0.05, 0) is 30.9 Å². The highest BCUT2D eigenvalue weighted by Crippen LogP contribution is 2.58. The number of amides is 1. The minimum absolute atomic E-state index is 0.172. The van der Waals surface area contributed by atoms with Crippen LogP contribution in [-0.4, -0.2) is 49.0 Å². The Morgan fingerprint density at radius 2 is 2.00 bits per heavy atom. The first-order chi connectivity index (χ1) is 14.5. The van der Waals surface area contributed by atoms with Gasteiger partial charge in [0.2, 0.25) is 0 Å². The van der Waals surface area contributed by atoms with Crippen LogP contribution in [-0.2, 0) is 26.1 Å². The van der Waals surface area contributed by atoms with Gasteiger partial charge in [0.1, 0.15) is 6.54 Å². The smallest absolute Gasteiger partial charge is 0.349 e. The summed E-state index contributed by atoms with van der Waals surface area (Å²) in [5.74, 6) is -0.0557. The Kier molecular flexibility index (Phi) is 4.00. The summed E-state index contributed by atoms with van der Waals surface area (Å²) in [6, 6.07) is 1.62. The summed E-state index contributed by atoms with van der Waals surface area (Å²) in [6.45, 7) is 1.66. The van der Waals surface area contributed by atoms with E-state index in [9.17, 15) is 22.8 Å². The van der Waals surface area contributed by atoms with Crippen molar-refractivity contribution in [3.8, 4) is 0 Å². The van der Waals surface area contributed by atoms with E-state index in [0.29, 0.717) is 29.7 Å². The van der Waals surface area contributed by atoms with Gasteiger partial charge in [0, 0.05) is 51.2 Å². The summed E-state index contributed by atoms with van der Waals surface area (Å²) >= 11 is 0. The molecule has 0 N–H and O–H groups in total. The molecule has 1 aliphatic heterocycles. The molecule has 2 unspecified atom stereocenters. The summed E-state index contributed by atoms with van der Waals surface area (Å²) in [7, 11) is 3.47. The van der Waals surface area contributed by atoms with Crippen LogP contribution in [0.3, 0.4) is 0 Å². The Morgan fingerprint density at radius 1 is 1.26 bits per heavy atom. The second-order valence-electron chi connectivity index (χ2n) is 8.86. The number of aromatic nitrogens is 4. The molecule has 2 aliphatic rings. The average Bonchev–Trinajstić information content (AvgIpc) is 3.04. The number of hydrogen-bond acceptors (Lipinski definition) is 3. The highest BCUT2D eigenvalue weighted by molar-refractivity contribution is 6.07. The molecule has 3 aromatic rings. The van der Waals surface area contributed by atoms with Crippen LogP contribution in [0, 0.1) is 12.8 Å². The Labute approximate surface area is 175 Å². The molecule has 7 nitrogen and oxygen atoms in total. The number of hydrogen-bond donors (Lipinski definition) is 0. The molecule has 2 atom stereocenters. The minimum atomic E-state index is -4.33. The zero-order valence-corrected chi connectivity index (χ0v) is 17.4. The largest absolute Gasteiger partial charge is 0.408 e. The topological polar surface area (TPSA) is 65.1 Å². The predicted octanol–water partition coefficient (Wildman–Crippen LogP) is 2.36. The number of halogens is 3. The Balaban J connectivity index is 1.44. The van der Waals surface area contributed by atoms with E-state index in [4.69, 9.17) is 0 Å². The molecule has 4 heterocycles. The maximum absolute atomic E-state index is 13.4. The molecule has 0 bridgehead atoms. The highest BCUT2D eigenvalue weighted by atomic mass is 19.4. The van der Waals surface area contributed by atoms with Crippen LogP contribution in [0.5, 0.6) is 0 Å². The molecular formula is C21H22F3N5O2. The van der Waals surface area contributed by atoms with E-state index in [1.54, 1.807) is 35.0 Å². The number of piperidine rings is 1. The van der Waals surface area contributed by atoms with Gasteiger partial charge in [-0.25, -0.2) is 0 Å². The van der Waals surface area contributed by atoms with Crippen molar-refractivity contribution in [2.45, 2.75) is 31.5 Å². The van der Waals surface area contributed by atoms with Gasteiger partial charge in [-0.2, -0.15) is 18.3 Å². The number of carbonyl (C=O) groups is 1. The van der Waals surface area contributed by atoms with E-state index in [-0.39, 0.29) is 17.4 Å². The number of alkyl halides is 3. The monoisotopic (exact) mass is 433 g/mol. The van der Waals surface area contributed by atoms with Crippen molar-refractivity contribution in [2.24, 2.45) is 20.0 Å². The molecular weight excluding hydrogens is 411 g/mol. The van der Waals surface area contributed by atoms with Gasteiger partial charge in [0.25, 0.3) is 11.5 Å². The molecule has 1 aliphatic carbocycles. The number of nitrogens with zero attached hydrogens (tertiary/aromatic N) is 5. The SMILES string of the molecule is Cc1cn(C)c(=O)c2c(C(=O)N3CC4CC4(c4ccn(CC(F)(F)F)n4)C3)cn(C)c12. The fourth-order valence-electron chi connectivity index (χ4n) is 5.17. The second kappa shape index (κ2) is 6.24. The molecule has 10 heteroatoms. The lowest BCUT2D eigenvalue weighted by molar-refractivity contribution is -0.142. The molecule has 1 amide bonds. The minimum Gasteiger partial charge on any atom is -0.349 e. The van der Waals surface area contributed by atoms with Gasteiger partial charge in [0.15, 0.2) is 0 Å². The third-order valence-corrected chi connectivity index (χ3v) is 6.63. The molecule has 0 aromatic carbocycles. The van der Waals surface area contributed by atoms with E-state index in [1.165, 1.54) is 10.8 Å². The van der Waals surface area contributed by atoms with Crippen molar-refractivity contribution in [3.05, 3.63) is 51.8 Å². The number of likely N-dealkylation sites (tertiary alicyclic amines) is 1. The first-order valence-electron chi connectivity index (χ1n) is 10.1. The number of pyridine rings is 1. The lowest BCUT2D eigenvalue weighted by Crippen LogP contribution is -2.33. The number of aryl methyl sites for hydroxylation is 3. The van der Waals surface area contributed by atoms with Gasteiger partial charge in [0.05, 0.1) is 22.2 Å². The molecule has 164 valence electrons. The second-order valence-corrected chi connectivity index (χ2v) is 8.86. The summed E-state index contributed by atoms with van der Waals surface area (Å²) in [5, 5.41) is 4.55. The number of rotatable bonds is 3. The van der Waals surface area contributed by atoms with Gasteiger partial charge in [-0.3, -0.25) is 14.3 Å². The Bertz CT molecular complexity index is 1280. The molecule has 3 aromatic heterocycles. The highest BCUT2D eigenvalue weighted by Gasteiger charge is 2.63. The normalized spacial score (nSPS) is 22.9. The lowest BCUT2D eigenvalue weighted by atomic mass is 10.0. The molecule has 1 saturated heterocycles. The average molecular weight is 433 g/mol. The van der Waals surface area contributed by atoms with E-state index in [1.807, 2.05) is 14.0 Å². The molecule has 2 fully saturated rings. The third-order valence-electron chi connectivity index (χ3n) is 6.63. The first-order valence-corrected chi connectivity index (χ1v) is 10.1. The van der Waals surface area contributed by atoms with E-state index >= 15 is 0 Å². The zero-order valence-electron chi connectivity index (χ0n) is 17.4. The maximum atomic E-state index is 13.4. The van der Waals surface area contributed by atoms with E-state index in [2.05, 4.69) is 5.10 Å². The lowest BCUT2D eigenvalue weighted by Gasteiger charge is -2.20. The van der Waals surface area contributed by atoms with Gasteiger partial charge >= 0.3 is 6.18 Å². The summed E-state index contributed by atoms with van der Waals surface area (Å²) in [6.07, 6.45) is 1.25. The van der Waals surface area contributed by atoms with Crippen LogP contribution in [0.2, 0.25) is 0 Å². The van der Waals surface area contributed by atoms with Crippen LogP contribution in [0.25, 0.3) is 10.9 Å². The van der Waals surface area contributed by atoms with Crippen LogP contribution >= 0.6 is 0 Å². The molecule has 0 radical (unpaired) electrons. The van der Waals surface area contributed by atoms with Gasteiger partial charge in [-0.1, -0.05) is 0 Å². The Morgan fingerprint density at radius 3 is 2.71 bits per heavy atom. The molecule has 5 rings (SSSR count). The zero-order chi connectivity index (χ0) is 22.3. The Hall–Kier alpha value is -3.04. The summed E-state index contributed by atoms with van der Waals surface area (Å²) < 4.78 is 42.2. The fraction of sp³-hybridized carbons (Fsp3) is 0.476. The van der Waals surface area contributed by atoms with Crippen molar-refractivity contribution < 1.29 is 18.0 Å². The van der Waals surface area contributed by atoms with Crippen molar-refractivity contribution in [1.82, 2.24) is 23.8 Å². The van der Waals surface area contributed by atoms with Crippen molar-refractivity contribution in [1.29, 1.82) is 0 Å². The molecule has 0 spiro atoms. The van der Waals surface area contributed by atoms with E-state index < -0.39 is 18.1 Å².